The molecule has 0 saturated heterocycles. The monoisotopic (exact) mass is 392 g/mol. The quantitative estimate of drug-likeness (QED) is 0.387. The number of carbonyl (C=O) groups is 1. The van der Waals surface area contributed by atoms with Gasteiger partial charge in [-0.1, -0.05) is 56.5 Å². The zero-order chi connectivity index (χ0) is 20.1. The van der Waals surface area contributed by atoms with Crippen LogP contribution in [-0.4, -0.2) is 26.1 Å². The fourth-order valence-electron chi connectivity index (χ4n) is 2.84. The van der Waals surface area contributed by atoms with Crippen molar-refractivity contribution >= 4 is 26.8 Å². The molecule has 2 aromatic carbocycles. The molecule has 7 heteroatoms. The van der Waals surface area contributed by atoms with Crippen LogP contribution in [0.2, 0.25) is 0 Å². The maximum absolute atomic E-state index is 12.5. The highest BCUT2D eigenvalue weighted by Gasteiger charge is 2.28. The zero-order valence-electron chi connectivity index (χ0n) is 16.1. The van der Waals surface area contributed by atoms with E-state index in [9.17, 15) is 13.2 Å². The molecule has 0 fully saturated rings. The van der Waals surface area contributed by atoms with Crippen molar-refractivity contribution < 1.29 is 17.4 Å². The smallest absolute Gasteiger partial charge is 0.299 e. The molecule has 27 heavy (non-hydrogen) atoms. The van der Waals surface area contributed by atoms with E-state index >= 15 is 0 Å². The predicted molar refractivity (Wildman–Crippen MR) is 107 cm³/mol. The lowest BCUT2D eigenvalue weighted by atomic mass is 9.96. The van der Waals surface area contributed by atoms with E-state index in [0.29, 0.717) is 0 Å². The van der Waals surface area contributed by atoms with Gasteiger partial charge in [0.2, 0.25) is 6.23 Å². The van der Waals surface area contributed by atoms with E-state index in [4.69, 9.17) is 9.92 Å². The average molecular weight is 393 g/mol. The van der Waals surface area contributed by atoms with Gasteiger partial charge in [-0.05, 0) is 43.2 Å². The third kappa shape index (κ3) is 6.02. The largest absolute Gasteiger partial charge is 0.348 e. The summed E-state index contributed by atoms with van der Waals surface area (Å²) >= 11 is 0. The number of hydrogen-bond donors (Lipinski definition) is 2. The Bertz CT molecular complexity index is 894. The van der Waals surface area contributed by atoms with Crippen molar-refractivity contribution in [3.8, 4) is 0 Å². The third-order valence-electron chi connectivity index (χ3n) is 4.37. The van der Waals surface area contributed by atoms with Gasteiger partial charge in [-0.3, -0.25) is 10.5 Å². The van der Waals surface area contributed by atoms with E-state index in [2.05, 4.69) is 12.2 Å². The second kappa shape index (κ2) is 8.82. The van der Waals surface area contributed by atoms with Gasteiger partial charge in [0.25, 0.3) is 16.0 Å². The summed E-state index contributed by atoms with van der Waals surface area (Å²) in [6, 6.07) is 12.0. The van der Waals surface area contributed by atoms with Crippen LogP contribution in [0.4, 0.5) is 0 Å². The molecule has 2 aromatic rings. The molecule has 0 spiro atoms. The minimum atomic E-state index is -4.16. The van der Waals surface area contributed by atoms with Crippen molar-refractivity contribution in [1.29, 1.82) is 0 Å². The Morgan fingerprint density at radius 3 is 2.48 bits per heavy atom. The van der Waals surface area contributed by atoms with E-state index in [1.807, 2.05) is 32.0 Å². The van der Waals surface area contributed by atoms with Crippen LogP contribution >= 0.6 is 0 Å². The summed E-state index contributed by atoms with van der Waals surface area (Å²) < 4.78 is 29.9. The molecule has 0 radical (unpaired) electrons. The molecule has 0 aliphatic rings. The number of nitrogens with one attached hydrogen (secondary N) is 1. The molecule has 148 valence electrons. The lowest BCUT2D eigenvalue weighted by Crippen LogP contribution is -2.51. The number of hydrogen-bond acceptors (Lipinski definition) is 5. The van der Waals surface area contributed by atoms with Crippen LogP contribution in [0.3, 0.4) is 0 Å². The zero-order valence-corrected chi connectivity index (χ0v) is 16.9. The van der Waals surface area contributed by atoms with Gasteiger partial charge in [0.15, 0.2) is 0 Å². The van der Waals surface area contributed by atoms with Crippen LogP contribution in [-0.2, 0) is 19.1 Å². The van der Waals surface area contributed by atoms with E-state index in [1.54, 1.807) is 12.1 Å². The fraction of sp³-hybridized carbons (Fsp3) is 0.450. The summed E-state index contributed by atoms with van der Waals surface area (Å²) in [5, 5.41) is 4.44. The van der Waals surface area contributed by atoms with Crippen LogP contribution < -0.4 is 11.1 Å². The minimum Gasteiger partial charge on any atom is -0.348 e. The van der Waals surface area contributed by atoms with Crippen LogP contribution in [0.25, 0.3) is 10.8 Å². The lowest BCUT2D eigenvalue weighted by molar-refractivity contribution is -0.129. The van der Waals surface area contributed by atoms with Crippen LogP contribution in [0, 0.1) is 0 Å². The Kier molecular flexibility index (Phi) is 6.97. The lowest BCUT2D eigenvalue weighted by Gasteiger charge is -2.27. The van der Waals surface area contributed by atoms with Crippen molar-refractivity contribution in [3.05, 3.63) is 42.5 Å². The van der Waals surface area contributed by atoms with Crippen LogP contribution in [0.1, 0.15) is 46.5 Å². The maximum atomic E-state index is 12.5. The summed E-state index contributed by atoms with van der Waals surface area (Å²) in [6.07, 6.45) is 2.29. The molecule has 1 atom stereocenters. The molecule has 0 saturated carbocycles. The first-order valence-corrected chi connectivity index (χ1v) is 10.6. The molecule has 0 aliphatic heterocycles. The van der Waals surface area contributed by atoms with Gasteiger partial charge in [0.1, 0.15) is 0 Å². The Labute approximate surface area is 161 Å². The molecule has 0 bridgehead atoms. The van der Waals surface area contributed by atoms with E-state index in [-0.39, 0.29) is 4.90 Å². The van der Waals surface area contributed by atoms with Crippen molar-refractivity contribution in [2.24, 2.45) is 5.73 Å². The number of benzene rings is 2. The van der Waals surface area contributed by atoms with Crippen molar-refractivity contribution in [2.75, 3.05) is 0 Å². The molecule has 6 nitrogen and oxygen atoms in total. The molecule has 0 aliphatic carbocycles. The SMILES string of the molecule is CCCCCC(C)(C)NC(=O)C(N)OS(=O)(=O)c1ccc2ccccc2c1. The van der Waals surface area contributed by atoms with Gasteiger partial charge in [-0.2, -0.15) is 8.42 Å². The number of nitrogens with two attached hydrogens (primary N) is 1. The summed E-state index contributed by atoms with van der Waals surface area (Å²) in [5.74, 6) is -0.652. The number of amides is 1. The first-order chi connectivity index (χ1) is 12.6. The van der Waals surface area contributed by atoms with E-state index in [0.717, 1.165) is 36.5 Å². The predicted octanol–water partition coefficient (Wildman–Crippen LogP) is 3.31. The number of fused-ring (bicyclic) bond motifs is 1. The topological polar surface area (TPSA) is 98.5 Å². The van der Waals surface area contributed by atoms with Gasteiger partial charge in [0, 0.05) is 5.54 Å². The molecular formula is C20H28N2O4S. The van der Waals surface area contributed by atoms with Gasteiger partial charge in [-0.25, -0.2) is 4.18 Å². The maximum Gasteiger partial charge on any atom is 0.299 e. The first kappa shape index (κ1) is 21.3. The van der Waals surface area contributed by atoms with Crippen molar-refractivity contribution in [3.63, 3.8) is 0 Å². The molecule has 1 amide bonds. The first-order valence-electron chi connectivity index (χ1n) is 9.14. The van der Waals surface area contributed by atoms with Gasteiger partial charge < -0.3 is 5.32 Å². The summed E-state index contributed by atoms with van der Waals surface area (Å²) in [7, 11) is -4.16. The van der Waals surface area contributed by atoms with Crippen molar-refractivity contribution in [1.82, 2.24) is 5.32 Å². The summed E-state index contributed by atoms with van der Waals surface area (Å²) in [6.45, 7) is 5.86. The second-order valence-electron chi connectivity index (χ2n) is 7.31. The summed E-state index contributed by atoms with van der Waals surface area (Å²) in [4.78, 5) is 12.3. The fourth-order valence-corrected chi connectivity index (χ4v) is 3.82. The van der Waals surface area contributed by atoms with E-state index < -0.39 is 27.8 Å². The second-order valence-corrected chi connectivity index (χ2v) is 8.88. The van der Waals surface area contributed by atoms with Crippen molar-refractivity contribution in [2.45, 2.75) is 63.1 Å². The standard InChI is InChI=1S/C20H28N2O4S/c1-4-5-8-13-20(2,3)22-19(23)18(21)26-27(24,25)17-12-11-15-9-6-7-10-16(15)14-17/h6-7,9-12,14,18H,4-5,8,13,21H2,1-3H3,(H,22,23). The molecule has 2 rings (SSSR count). The normalized spacial score (nSPS) is 13.5. The molecule has 0 aromatic heterocycles. The Morgan fingerprint density at radius 2 is 1.81 bits per heavy atom. The van der Waals surface area contributed by atoms with Gasteiger partial charge in [0.05, 0.1) is 4.90 Å². The minimum absolute atomic E-state index is 0.0355. The number of rotatable bonds is 9. The summed E-state index contributed by atoms with van der Waals surface area (Å²) in [5.41, 5.74) is 5.22. The van der Waals surface area contributed by atoms with Crippen LogP contribution in [0.15, 0.2) is 47.4 Å². The Morgan fingerprint density at radius 1 is 1.15 bits per heavy atom. The molecular weight excluding hydrogens is 364 g/mol. The highest BCUT2D eigenvalue weighted by Crippen LogP contribution is 2.21. The highest BCUT2D eigenvalue weighted by molar-refractivity contribution is 7.86. The van der Waals surface area contributed by atoms with Gasteiger partial charge >= 0.3 is 0 Å². The Hall–Kier alpha value is -1.96. The molecule has 0 heterocycles. The number of unbranched alkanes of at least 4 members (excludes halogenated alkanes) is 2. The Balaban J connectivity index is 2.05. The van der Waals surface area contributed by atoms with Crippen LogP contribution in [0.5, 0.6) is 0 Å². The molecule has 3 N–H and O–H groups in total. The molecule has 1 unspecified atom stereocenters. The average Bonchev–Trinajstić information content (AvgIpc) is 2.60. The number of carbonyl (C=O) groups excluding carboxylic acids is 1. The highest BCUT2D eigenvalue weighted by atomic mass is 32.2. The van der Waals surface area contributed by atoms with E-state index in [1.165, 1.54) is 12.1 Å². The van der Waals surface area contributed by atoms with Gasteiger partial charge in [-0.15, -0.1) is 0 Å². The third-order valence-corrected chi connectivity index (χ3v) is 5.66.